The highest BCUT2D eigenvalue weighted by Gasteiger charge is 2.37. The lowest BCUT2D eigenvalue weighted by molar-refractivity contribution is -0.137. The van der Waals surface area contributed by atoms with E-state index >= 15 is 0 Å². The molecule has 0 saturated heterocycles. The van der Waals surface area contributed by atoms with Crippen molar-refractivity contribution in [2.45, 2.75) is 0 Å². The van der Waals surface area contributed by atoms with E-state index in [4.69, 9.17) is 20.3 Å². The Morgan fingerprint density at radius 3 is 2.40 bits per heavy atom. The van der Waals surface area contributed by atoms with Crippen LogP contribution in [0.3, 0.4) is 0 Å². The maximum atomic E-state index is 12.2. The molecule has 0 unspecified atom stereocenters. The normalized spacial score (nSPS) is 13.5. The van der Waals surface area contributed by atoms with Gasteiger partial charge in [0, 0.05) is 6.54 Å². The molecule has 136 valence electrons. The van der Waals surface area contributed by atoms with Crippen molar-refractivity contribution in [3.63, 3.8) is 0 Å². The largest absolute Gasteiger partial charge is 0.489 e. The Kier molecular flexibility index (Phi) is 5.94. The van der Waals surface area contributed by atoms with Crippen molar-refractivity contribution < 1.29 is 29.0 Å². The lowest BCUT2D eigenvalue weighted by Crippen LogP contribution is -2.34. The van der Waals surface area contributed by atoms with E-state index in [2.05, 4.69) is 0 Å². The number of nitrogens with two attached hydrogens (primary N) is 1. The van der Waals surface area contributed by atoms with Crippen LogP contribution in [0.15, 0.2) is 12.1 Å². The molecule has 1 aliphatic rings. The number of carboxylic acids is 1. The Labute approximate surface area is 144 Å². The van der Waals surface area contributed by atoms with Crippen LogP contribution in [-0.4, -0.2) is 79.7 Å². The average molecular weight is 351 g/mol. The topological polar surface area (TPSA) is 122 Å². The number of benzene rings is 1. The Morgan fingerprint density at radius 1 is 1.16 bits per heavy atom. The van der Waals surface area contributed by atoms with E-state index in [0.717, 1.165) is 6.54 Å². The molecule has 0 bridgehead atoms. The van der Waals surface area contributed by atoms with Crippen molar-refractivity contribution in [1.82, 2.24) is 9.80 Å². The number of ether oxygens (including phenoxy) is 2. The molecule has 2 amide bonds. The quantitative estimate of drug-likeness (QED) is 0.359. The van der Waals surface area contributed by atoms with Gasteiger partial charge in [0.2, 0.25) is 0 Å². The van der Waals surface area contributed by atoms with Crippen LogP contribution in [0, 0.1) is 0 Å². The highest BCUT2D eigenvalue weighted by atomic mass is 16.5. The summed E-state index contributed by atoms with van der Waals surface area (Å²) >= 11 is 0. The number of hydrogen-bond acceptors (Lipinski definition) is 7. The van der Waals surface area contributed by atoms with Gasteiger partial charge in [0.15, 0.2) is 0 Å². The van der Waals surface area contributed by atoms with Crippen molar-refractivity contribution in [2.75, 3.05) is 52.7 Å². The van der Waals surface area contributed by atoms with Gasteiger partial charge in [-0.1, -0.05) is 0 Å². The number of rotatable bonds is 9. The second-order valence-corrected chi connectivity index (χ2v) is 5.79. The second kappa shape index (κ2) is 7.95. The Bertz CT molecular complexity index is 689. The monoisotopic (exact) mass is 351 g/mol. The van der Waals surface area contributed by atoms with Crippen molar-refractivity contribution in [1.29, 1.82) is 0 Å². The highest BCUT2D eigenvalue weighted by Crippen LogP contribution is 2.31. The molecular formula is C16H21N3O6. The van der Waals surface area contributed by atoms with Crippen molar-refractivity contribution in [3.05, 3.63) is 23.3 Å². The number of carbonyl (C=O) groups is 3. The summed E-state index contributed by atoms with van der Waals surface area (Å²) in [6.45, 7) is 1.24. The lowest BCUT2D eigenvalue weighted by atomic mass is 10.1. The van der Waals surface area contributed by atoms with E-state index in [0.29, 0.717) is 18.1 Å². The van der Waals surface area contributed by atoms with Gasteiger partial charge in [-0.15, -0.1) is 0 Å². The molecule has 1 heterocycles. The average Bonchev–Trinajstić information content (AvgIpc) is 2.75. The molecule has 1 aliphatic heterocycles. The van der Waals surface area contributed by atoms with Gasteiger partial charge in [0.1, 0.15) is 18.9 Å². The number of nitrogens with zero attached hydrogens (tertiary/aromatic N) is 2. The van der Waals surface area contributed by atoms with Gasteiger partial charge in [-0.25, -0.2) is 0 Å². The zero-order valence-electron chi connectivity index (χ0n) is 14.2. The fraction of sp³-hybridized carbons (Fsp3) is 0.438. The van der Waals surface area contributed by atoms with E-state index < -0.39 is 24.3 Å². The van der Waals surface area contributed by atoms with Crippen LogP contribution >= 0.6 is 0 Å². The van der Waals surface area contributed by atoms with Crippen molar-refractivity contribution >= 4 is 23.5 Å². The SMILES string of the molecule is CN(C)CCOCCOc1cc2c(cc1N)C(=O)N(CC(=O)O)C2=O. The summed E-state index contributed by atoms with van der Waals surface area (Å²) in [6.07, 6.45) is 0. The van der Waals surface area contributed by atoms with Crippen LogP contribution in [0.5, 0.6) is 5.75 Å². The third-order valence-electron chi connectivity index (χ3n) is 3.56. The fourth-order valence-corrected chi connectivity index (χ4v) is 2.30. The number of imide groups is 1. The smallest absolute Gasteiger partial charge is 0.323 e. The van der Waals surface area contributed by atoms with Gasteiger partial charge in [0.25, 0.3) is 11.8 Å². The van der Waals surface area contributed by atoms with E-state index in [1.807, 2.05) is 19.0 Å². The van der Waals surface area contributed by atoms with E-state index in [1.165, 1.54) is 12.1 Å². The summed E-state index contributed by atoms with van der Waals surface area (Å²) in [7, 11) is 3.88. The van der Waals surface area contributed by atoms with Crippen LogP contribution in [-0.2, 0) is 9.53 Å². The Morgan fingerprint density at radius 2 is 1.80 bits per heavy atom. The first-order valence-electron chi connectivity index (χ1n) is 7.68. The lowest BCUT2D eigenvalue weighted by Gasteiger charge is -2.12. The molecule has 0 aliphatic carbocycles. The number of fused-ring (bicyclic) bond motifs is 1. The molecule has 1 aromatic rings. The number of aliphatic carboxylic acids is 1. The molecule has 0 saturated carbocycles. The standard InChI is InChI=1S/C16H21N3O6/c1-18(2)3-4-24-5-6-25-13-8-11-10(7-12(13)17)15(22)19(16(11)23)9-14(20)21/h7-8H,3-6,9,17H2,1-2H3,(H,20,21). The number of carboxylic acid groups (broad SMARTS) is 1. The summed E-state index contributed by atoms with van der Waals surface area (Å²) < 4.78 is 10.9. The molecule has 2 rings (SSSR count). The maximum absolute atomic E-state index is 12.2. The zero-order valence-corrected chi connectivity index (χ0v) is 14.2. The van der Waals surface area contributed by atoms with Crippen molar-refractivity contribution in [3.8, 4) is 5.75 Å². The van der Waals surface area contributed by atoms with Crippen LogP contribution in [0.1, 0.15) is 20.7 Å². The summed E-state index contributed by atoms with van der Waals surface area (Å²) in [5.41, 5.74) is 6.23. The molecule has 25 heavy (non-hydrogen) atoms. The summed E-state index contributed by atoms with van der Waals surface area (Å²) in [6, 6.07) is 2.70. The van der Waals surface area contributed by atoms with E-state index in [-0.39, 0.29) is 29.2 Å². The van der Waals surface area contributed by atoms with E-state index in [9.17, 15) is 14.4 Å². The van der Waals surface area contributed by atoms with Gasteiger partial charge in [-0.05, 0) is 26.2 Å². The van der Waals surface area contributed by atoms with Gasteiger partial charge in [-0.3, -0.25) is 19.3 Å². The van der Waals surface area contributed by atoms with Crippen LogP contribution < -0.4 is 10.5 Å². The van der Waals surface area contributed by atoms with Crippen LogP contribution in [0.2, 0.25) is 0 Å². The van der Waals surface area contributed by atoms with Crippen LogP contribution in [0.4, 0.5) is 5.69 Å². The molecule has 0 atom stereocenters. The van der Waals surface area contributed by atoms with Crippen LogP contribution in [0.25, 0.3) is 0 Å². The number of nitrogen functional groups attached to an aromatic ring is 1. The number of amides is 2. The van der Waals surface area contributed by atoms with E-state index in [1.54, 1.807) is 0 Å². The molecule has 9 nitrogen and oxygen atoms in total. The molecule has 9 heteroatoms. The first kappa shape index (κ1) is 18.7. The third-order valence-corrected chi connectivity index (χ3v) is 3.56. The minimum atomic E-state index is -1.27. The first-order valence-corrected chi connectivity index (χ1v) is 7.68. The molecular weight excluding hydrogens is 330 g/mol. The second-order valence-electron chi connectivity index (χ2n) is 5.79. The maximum Gasteiger partial charge on any atom is 0.323 e. The van der Waals surface area contributed by atoms with Gasteiger partial charge >= 0.3 is 5.97 Å². The first-order chi connectivity index (χ1) is 11.8. The number of hydrogen-bond donors (Lipinski definition) is 2. The molecule has 0 fully saturated rings. The number of carbonyl (C=O) groups excluding carboxylic acids is 2. The van der Waals surface area contributed by atoms with Gasteiger partial charge in [-0.2, -0.15) is 0 Å². The Balaban J connectivity index is 2.00. The predicted molar refractivity (Wildman–Crippen MR) is 88.7 cm³/mol. The number of anilines is 1. The summed E-state index contributed by atoms with van der Waals surface area (Å²) in [5.74, 6) is -2.36. The molecule has 0 aromatic heterocycles. The summed E-state index contributed by atoms with van der Waals surface area (Å²) in [4.78, 5) is 37.8. The minimum Gasteiger partial charge on any atom is -0.489 e. The number of likely N-dealkylation sites (N-methyl/N-ethyl adjacent to an activating group) is 1. The molecule has 0 radical (unpaired) electrons. The highest BCUT2D eigenvalue weighted by molar-refractivity contribution is 6.22. The Hall–Kier alpha value is -2.65. The van der Waals surface area contributed by atoms with Gasteiger partial charge in [0.05, 0.1) is 30.0 Å². The predicted octanol–water partition coefficient (Wildman–Crippen LogP) is -0.0936. The zero-order chi connectivity index (χ0) is 18.6. The molecule has 1 aromatic carbocycles. The molecule has 0 spiro atoms. The third kappa shape index (κ3) is 4.46. The minimum absolute atomic E-state index is 0.0818. The summed E-state index contributed by atoms with van der Waals surface area (Å²) in [5, 5.41) is 8.81. The molecule has 3 N–H and O–H groups in total. The van der Waals surface area contributed by atoms with Crippen molar-refractivity contribution in [2.24, 2.45) is 0 Å². The fourth-order valence-electron chi connectivity index (χ4n) is 2.30. The van der Waals surface area contributed by atoms with Gasteiger partial charge < -0.3 is 25.2 Å².